The number of nitrogens with zero attached hydrogens (tertiary/aromatic N) is 4. The van der Waals surface area contributed by atoms with Crippen LogP contribution in [-0.4, -0.2) is 51.0 Å². The number of carbonyl (C=O) groups excluding carboxylic acids is 1. The Kier molecular flexibility index (Phi) is 8.31. The number of allylic oxidation sites excluding steroid dienone is 1. The van der Waals surface area contributed by atoms with E-state index in [0.717, 1.165) is 29.5 Å². The summed E-state index contributed by atoms with van der Waals surface area (Å²) in [5.74, 6) is 1.28. The molecular weight excluding hydrogens is 382 g/mol. The smallest absolute Gasteiger partial charge is 0.230 e. The first kappa shape index (κ1) is 21.6. The summed E-state index contributed by atoms with van der Waals surface area (Å²) in [7, 11) is 0. The lowest BCUT2D eigenvalue weighted by atomic mass is 10.1. The molecule has 2 heterocycles. The van der Waals surface area contributed by atoms with Crippen LogP contribution in [-0.2, 0) is 17.8 Å². The third-order valence-electron chi connectivity index (χ3n) is 5.21. The van der Waals surface area contributed by atoms with Gasteiger partial charge in [0.05, 0.1) is 11.8 Å². The van der Waals surface area contributed by atoms with Crippen molar-refractivity contribution in [2.24, 2.45) is 0 Å². The molecule has 1 aromatic heterocycles. The average Bonchev–Trinajstić information content (AvgIpc) is 3.14. The zero-order valence-electron chi connectivity index (χ0n) is 17.2. The molecule has 0 saturated carbocycles. The lowest BCUT2D eigenvalue weighted by Crippen LogP contribution is -2.32. The van der Waals surface area contributed by atoms with Crippen LogP contribution in [0.5, 0.6) is 0 Å². The highest BCUT2D eigenvalue weighted by Crippen LogP contribution is 2.19. The Labute approximate surface area is 177 Å². The fourth-order valence-electron chi connectivity index (χ4n) is 3.60. The summed E-state index contributed by atoms with van der Waals surface area (Å²) < 4.78 is 2.08. The number of benzene rings is 1. The van der Waals surface area contributed by atoms with Crippen molar-refractivity contribution in [3.05, 3.63) is 54.4 Å². The van der Waals surface area contributed by atoms with Gasteiger partial charge in [-0.15, -0.1) is 16.8 Å². The second-order valence-electron chi connectivity index (χ2n) is 7.44. The van der Waals surface area contributed by atoms with Gasteiger partial charge in [-0.2, -0.15) is 0 Å². The summed E-state index contributed by atoms with van der Waals surface area (Å²) >= 11 is 1.43. The molecule has 1 fully saturated rings. The second kappa shape index (κ2) is 11.2. The minimum absolute atomic E-state index is 0.00521. The predicted molar refractivity (Wildman–Crippen MR) is 118 cm³/mol. The number of thioether (sulfide) groups is 1. The van der Waals surface area contributed by atoms with Crippen LogP contribution in [0.3, 0.4) is 0 Å². The number of aromatic nitrogens is 3. The van der Waals surface area contributed by atoms with Crippen molar-refractivity contribution >= 4 is 17.7 Å². The van der Waals surface area contributed by atoms with Crippen LogP contribution >= 0.6 is 11.8 Å². The summed E-state index contributed by atoms with van der Waals surface area (Å²) in [6.07, 6.45) is 6.65. The van der Waals surface area contributed by atoms with Crippen molar-refractivity contribution in [2.45, 2.75) is 50.4 Å². The van der Waals surface area contributed by atoms with E-state index in [1.165, 1.54) is 44.1 Å². The fourth-order valence-corrected chi connectivity index (χ4v) is 4.38. The molecule has 1 aliphatic heterocycles. The predicted octanol–water partition coefficient (Wildman–Crippen LogP) is 3.46. The molecule has 1 amide bonds. The summed E-state index contributed by atoms with van der Waals surface area (Å²) in [5, 5.41) is 12.6. The maximum absolute atomic E-state index is 12.4. The van der Waals surface area contributed by atoms with E-state index < -0.39 is 0 Å². The first-order chi connectivity index (χ1) is 14.2. The van der Waals surface area contributed by atoms with Gasteiger partial charge in [-0.3, -0.25) is 4.79 Å². The van der Waals surface area contributed by atoms with Crippen LogP contribution in [0.2, 0.25) is 0 Å². The molecule has 2 aromatic rings. The number of carbonyl (C=O) groups is 1. The Morgan fingerprint density at radius 2 is 2.00 bits per heavy atom. The highest BCUT2D eigenvalue weighted by atomic mass is 32.2. The van der Waals surface area contributed by atoms with Gasteiger partial charge in [-0.25, -0.2) is 0 Å². The average molecular weight is 414 g/mol. The third kappa shape index (κ3) is 6.44. The molecule has 0 radical (unpaired) electrons. The number of hydrogen-bond donors (Lipinski definition) is 1. The Bertz CT molecular complexity index is 786. The lowest BCUT2D eigenvalue weighted by Gasteiger charge is -2.26. The number of likely N-dealkylation sites (tertiary alicyclic amines) is 1. The number of rotatable bonds is 10. The molecule has 3 rings (SSSR count). The van der Waals surface area contributed by atoms with E-state index in [1.807, 2.05) is 43.3 Å². The maximum Gasteiger partial charge on any atom is 0.230 e. The summed E-state index contributed by atoms with van der Waals surface area (Å²) in [6, 6.07) is 9.96. The van der Waals surface area contributed by atoms with Crippen LogP contribution in [0.1, 0.15) is 43.6 Å². The minimum atomic E-state index is -0.0181. The largest absolute Gasteiger partial charge is 0.349 e. The van der Waals surface area contributed by atoms with E-state index >= 15 is 0 Å². The van der Waals surface area contributed by atoms with Crippen LogP contribution < -0.4 is 5.32 Å². The van der Waals surface area contributed by atoms with E-state index in [-0.39, 0.29) is 11.9 Å². The Morgan fingerprint density at radius 3 is 2.72 bits per heavy atom. The van der Waals surface area contributed by atoms with Gasteiger partial charge in [-0.1, -0.05) is 54.6 Å². The van der Waals surface area contributed by atoms with Gasteiger partial charge in [0.2, 0.25) is 5.91 Å². The quantitative estimate of drug-likeness (QED) is 0.477. The zero-order chi connectivity index (χ0) is 20.5. The minimum Gasteiger partial charge on any atom is -0.349 e. The van der Waals surface area contributed by atoms with E-state index in [9.17, 15) is 4.79 Å². The first-order valence-electron chi connectivity index (χ1n) is 10.4. The monoisotopic (exact) mass is 413 g/mol. The Hall–Kier alpha value is -2.12. The van der Waals surface area contributed by atoms with E-state index in [0.29, 0.717) is 12.3 Å². The van der Waals surface area contributed by atoms with Crippen LogP contribution in [0.15, 0.2) is 48.1 Å². The maximum atomic E-state index is 12.4. The van der Waals surface area contributed by atoms with Crippen LogP contribution in [0, 0.1) is 0 Å². The van der Waals surface area contributed by atoms with Crippen molar-refractivity contribution in [1.29, 1.82) is 0 Å². The molecule has 1 aromatic carbocycles. The summed E-state index contributed by atoms with van der Waals surface area (Å²) in [5.41, 5.74) is 1.10. The van der Waals surface area contributed by atoms with Gasteiger partial charge >= 0.3 is 0 Å². The Morgan fingerprint density at radius 1 is 1.24 bits per heavy atom. The molecule has 1 saturated heterocycles. The van der Waals surface area contributed by atoms with Gasteiger partial charge in [0, 0.05) is 19.5 Å². The van der Waals surface area contributed by atoms with Crippen LogP contribution in [0.4, 0.5) is 0 Å². The molecule has 1 atom stereocenters. The summed E-state index contributed by atoms with van der Waals surface area (Å²) in [6.45, 7) is 9.88. The van der Waals surface area contributed by atoms with E-state index in [1.54, 1.807) is 0 Å². The topological polar surface area (TPSA) is 63.1 Å². The standard InChI is InChI=1S/C22H31N5OS/c1-3-13-27-20(12-16-26-14-8-5-9-15-26)24-25-22(27)29-17-21(28)23-18(2)19-10-6-4-7-11-19/h3-4,6-7,10-11,18H,1,5,8-9,12-17H2,2H3,(H,23,28)/t18-/m0/s1. The van der Waals surface area contributed by atoms with Gasteiger partial charge in [0.15, 0.2) is 5.16 Å². The molecule has 1 aliphatic rings. The summed E-state index contributed by atoms with van der Waals surface area (Å²) in [4.78, 5) is 14.9. The van der Waals surface area contributed by atoms with Crippen molar-refractivity contribution in [1.82, 2.24) is 25.0 Å². The Balaban J connectivity index is 1.53. The molecule has 1 N–H and O–H groups in total. The molecule has 0 unspecified atom stereocenters. The highest BCUT2D eigenvalue weighted by Gasteiger charge is 2.16. The zero-order valence-corrected chi connectivity index (χ0v) is 18.0. The molecule has 7 heteroatoms. The van der Waals surface area contributed by atoms with E-state index in [4.69, 9.17) is 0 Å². The van der Waals surface area contributed by atoms with Gasteiger partial charge in [0.25, 0.3) is 0 Å². The van der Waals surface area contributed by atoms with Gasteiger partial charge in [0.1, 0.15) is 5.82 Å². The first-order valence-corrected chi connectivity index (χ1v) is 11.4. The number of nitrogens with one attached hydrogen (secondary N) is 1. The SMILES string of the molecule is C=CCn1c(CCN2CCCCC2)nnc1SCC(=O)N[C@@H](C)c1ccccc1. The van der Waals surface area contributed by atoms with Crippen molar-refractivity contribution < 1.29 is 4.79 Å². The fraction of sp³-hybridized carbons (Fsp3) is 0.500. The number of piperidine rings is 1. The molecule has 6 nitrogen and oxygen atoms in total. The molecule has 0 spiro atoms. The van der Waals surface area contributed by atoms with Gasteiger partial charge < -0.3 is 14.8 Å². The lowest BCUT2D eigenvalue weighted by molar-refractivity contribution is -0.119. The van der Waals surface area contributed by atoms with Crippen molar-refractivity contribution in [3.63, 3.8) is 0 Å². The molecule has 0 aliphatic carbocycles. The number of hydrogen-bond acceptors (Lipinski definition) is 5. The normalized spacial score (nSPS) is 15.8. The molecule has 29 heavy (non-hydrogen) atoms. The second-order valence-corrected chi connectivity index (χ2v) is 8.38. The van der Waals surface area contributed by atoms with Crippen molar-refractivity contribution in [3.8, 4) is 0 Å². The van der Waals surface area contributed by atoms with Crippen molar-refractivity contribution in [2.75, 3.05) is 25.4 Å². The molecule has 0 bridgehead atoms. The van der Waals surface area contributed by atoms with E-state index in [2.05, 4.69) is 31.6 Å². The van der Waals surface area contributed by atoms with Crippen LogP contribution in [0.25, 0.3) is 0 Å². The molecular formula is C22H31N5OS. The molecule has 156 valence electrons. The highest BCUT2D eigenvalue weighted by molar-refractivity contribution is 7.99. The third-order valence-corrected chi connectivity index (χ3v) is 6.18. The van der Waals surface area contributed by atoms with Gasteiger partial charge in [-0.05, 0) is 38.4 Å². The number of amides is 1.